The van der Waals surface area contributed by atoms with Crippen molar-refractivity contribution in [1.29, 1.82) is 5.26 Å². The smallest absolute Gasteiger partial charge is 0.228 e. The molecule has 0 saturated heterocycles. The zero-order chi connectivity index (χ0) is 16.2. The Morgan fingerprint density at radius 1 is 1.22 bits per heavy atom. The highest BCUT2D eigenvalue weighted by atomic mass is 16.1. The maximum atomic E-state index is 12.7. The van der Waals surface area contributed by atoms with Crippen molar-refractivity contribution in [2.24, 2.45) is 0 Å². The van der Waals surface area contributed by atoms with Crippen molar-refractivity contribution in [2.75, 3.05) is 0 Å². The minimum atomic E-state index is -0.0654. The van der Waals surface area contributed by atoms with Gasteiger partial charge in [0.25, 0.3) is 0 Å². The topological polar surface area (TPSA) is 52.9 Å². The summed E-state index contributed by atoms with van der Waals surface area (Å²) in [6.07, 6.45) is 3.02. The number of nitrogens with one attached hydrogen (secondary N) is 1. The van der Waals surface area contributed by atoms with Crippen molar-refractivity contribution in [2.45, 2.75) is 38.1 Å². The van der Waals surface area contributed by atoms with Crippen molar-refractivity contribution < 1.29 is 4.79 Å². The summed E-state index contributed by atoms with van der Waals surface area (Å²) in [4.78, 5) is 12.7. The van der Waals surface area contributed by atoms with Crippen LogP contribution in [-0.2, 0) is 11.2 Å². The summed E-state index contributed by atoms with van der Waals surface area (Å²) in [5.41, 5.74) is 4.11. The molecule has 3 heteroatoms. The molecule has 0 heterocycles. The van der Waals surface area contributed by atoms with E-state index < -0.39 is 0 Å². The van der Waals surface area contributed by atoms with Crippen LogP contribution in [0.5, 0.6) is 0 Å². The van der Waals surface area contributed by atoms with Gasteiger partial charge < -0.3 is 5.32 Å². The Balaban J connectivity index is 1.73. The van der Waals surface area contributed by atoms with Gasteiger partial charge in [-0.2, -0.15) is 5.26 Å². The number of carbonyl (C=O) groups excluding carboxylic acids is 1. The van der Waals surface area contributed by atoms with Crippen LogP contribution in [0.25, 0.3) is 0 Å². The first-order valence-corrected chi connectivity index (χ1v) is 8.07. The minimum Gasteiger partial charge on any atom is -0.349 e. The van der Waals surface area contributed by atoms with Gasteiger partial charge in [0.1, 0.15) is 0 Å². The lowest BCUT2D eigenvalue weighted by Gasteiger charge is -2.26. The largest absolute Gasteiger partial charge is 0.349 e. The normalized spacial score (nSPS) is 17.7. The van der Waals surface area contributed by atoms with E-state index in [0.717, 1.165) is 24.8 Å². The molecule has 2 aromatic rings. The van der Waals surface area contributed by atoms with E-state index in [4.69, 9.17) is 5.26 Å². The van der Waals surface area contributed by atoms with Crippen LogP contribution in [0.1, 0.15) is 54.0 Å². The third-order valence-electron chi connectivity index (χ3n) is 4.58. The van der Waals surface area contributed by atoms with Crippen LogP contribution >= 0.6 is 0 Å². The van der Waals surface area contributed by atoms with Crippen LogP contribution in [-0.4, -0.2) is 5.91 Å². The van der Waals surface area contributed by atoms with Crippen LogP contribution in [0.4, 0.5) is 0 Å². The second kappa shape index (κ2) is 6.66. The van der Waals surface area contributed by atoms with Gasteiger partial charge in [-0.1, -0.05) is 36.4 Å². The van der Waals surface area contributed by atoms with Crippen molar-refractivity contribution in [3.8, 4) is 6.07 Å². The number of rotatable bonds is 3. The molecule has 0 fully saturated rings. The van der Waals surface area contributed by atoms with Crippen LogP contribution in [0.2, 0.25) is 0 Å². The monoisotopic (exact) mass is 304 g/mol. The molecule has 23 heavy (non-hydrogen) atoms. The maximum absolute atomic E-state index is 12.7. The number of benzene rings is 2. The summed E-state index contributed by atoms with van der Waals surface area (Å²) < 4.78 is 0. The quantitative estimate of drug-likeness (QED) is 0.936. The van der Waals surface area contributed by atoms with Gasteiger partial charge in [-0.3, -0.25) is 4.79 Å². The third-order valence-corrected chi connectivity index (χ3v) is 4.58. The molecule has 0 aliphatic heterocycles. The fraction of sp³-hybridized carbons (Fsp3) is 0.300. The summed E-state index contributed by atoms with van der Waals surface area (Å²) in [6, 6.07) is 17.7. The number of hydrogen-bond donors (Lipinski definition) is 1. The Labute approximate surface area is 137 Å². The Morgan fingerprint density at radius 3 is 2.70 bits per heavy atom. The van der Waals surface area contributed by atoms with E-state index >= 15 is 0 Å². The third kappa shape index (κ3) is 3.27. The molecule has 116 valence electrons. The van der Waals surface area contributed by atoms with E-state index in [0.29, 0.717) is 5.56 Å². The molecule has 1 aliphatic rings. The molecule has 0 bridgehead atoms. The molecule has 2 aromatic carbocycles. The van der Waals surface area contributed by atoms with E-state index in [2.05, 4.69) is 23.5 Å². The zero-order valence-corrected chi connectivity index (χ0v) is 13.3. The highest BCUT2D eigenvalue weighted by Crippen LogP contribution is 2.32. The van der Waals surface area contributed by atoms with E-state index in [1.54, 1.807) is 12.1 Å². The molecule has 0 aromatic heterocycles. The van der Waals surface area contributed by atoms with E-state index in [1.165, 1.54) is 11.1 Å². The SMILES string of the molecule is CC(NC(=O)C1CCCc2ccccc21)c1ccc(C#N)cc1. The Kier molecular flexibility index (Phi) is 4.43. The molecule has 3 rings (SSSR count). The van der Waals surface area contributed by atoms with Gasteiger partial charge >= 0.3 is 0 Å². The Morgan fingerprint density at radius 2 is 1.96 bits per heavy atom. The van der Waals surface area contributed by atoms with E-state index in [1.807, 2.05) is 31.2 Å². The van der Waals surface area contributed by atoms with Crippen LogP contribution in [0, 0.1) is 11.3 Å². The van der Waals surface area contributed by atoms with Crippen molar-refractivity contribution in [3.63, 3.8) is 0 Å². The standard InChI is InChI=1S/C20H20N2O/c1-14(16-11-9-15(13-21)10-12-16)22-20(23)19-8-4-6-17-5-2-3-7-18(17)19/h2-3,5,7,9-12,14,19H,4,6,8H2,1H3,(H,22,23). The molecule has 0 radical (unpaired) electrons. The van der Waals surface area contributed by atoms with Crippen molar-refractivity contribution >= 4 is 5.91 Å². The summed E-state index contributed by atoms with van der Waals surface area (Å²) in [7, 11) is 0. The molecule has 2 unspecified atom stereocenters. The number of fused-ring (bicyclic) bond motifs is 1. The summed E-state index contributed by atoms with van der Waals surface area (Å²) in [6.45, 7) is 1.98. The molecule has 1 N–H and O–H groups in total. The molecule has 1 aliphatic carbocycles. The minimum absolute atomic E-state index is 0.0548. The van der Waals surface area contributed by atoms with Gasteiger partial charge in [-0.15, -0.1) is 0 Å². The first kappa shape index (κ1) is 15.3. The number of carbonyl (C=O) groups is 1. The average Bonchev–Trinajstić information content (AvgIpc) is 2.61. The Hall–Kier alpha value is -2.60. The maximum Gasteiger partial charge on any atom is 0.228 e. The zero-order valence-electron chi connectivity index (χ0n) is 13.3. The predicted octanol–water partition coefficient (Wildman–Crippen LogP) is 3.86. The highest BCUT2D eigenvalue weighted by Gasteiger charge is 2.27. The first-order valence-electron chi connectivity index (χ1n) is 8.07. The highest BCUT2D eigenvalue weighted by molar-refractivity contribution is 5.84. The van der Waals surface area contributed by atoms with Crippen LogP contribution < -0.4 is 5.32 Å². The second-order valence-electron chi connectivity index (χ2n) is 6.11. The second-order valence-corrected chi connectivity index (χ2v) is 6.11. The summed E-state index contributed by atoms with van der Waals surface area (Å²) >= 11 is 0. The number of nitrogens with zero attached hydrogens (tertiary/aromatic N) is 1. The lowest BCUT2D eigenvalue weighted by atomic mass is 9.82. The van der Waals surface area contributed by atoms with Crippen molar-refractivity contribution in [3.05, 3.63) is 70.8 Å². The van der Waals surface area contributed by atoms with E-state index in [9.17, 15) is 4.79 Å². The van der Waals surface area contributed by atoms with Gasteiger partial charge in [0.2, 0.25) is 5.91 Å². The summed E-state index contributed by atoms with van der Waals surface area (Å²) in [5, 5.41) is 12.0. The van der Waals surface area contributed by atoms with Crippen molar-refractivity contribution in [1.82, 2.24) is 5.32 Å². The lowest BCUT2D eigenvalue weighted by Crippen LogP contribution is -2.33. The predicted molar refractivity (Wildman–Crippen MR) is 89.8 cm³/mol. The molecular formula is C20H20N2O. The first-order chi connectivity index (χ1) is 11.2. The van der Waals surface area contributed by atoms with Gasteiger partial charge in [0.15, 0.2) is 0 Å². The number of nitriles is 1. The fourth-order valence-electron chi connectivity index (χ4n) is 3.27. The number of hydrogen-bond acceptors (Lipinski definition) is 2. The molecule has 0 saturated carbocycles. The molecule has 3 nitrogen and oxygen atoms in total. The molecular weight excluding hydrogens is 284 g/mol. The van der Waals surface area contributed by atoms with Gasteiger partial charge in [-0.25, -0.2) is 0 Å². The molecule has 0 spiro atoms. The van der Waals surface area contributed by atoms with Gasteiger partial charge in [-0.05, 0) is 55.0 Å². The fourth-order valence-corrected chi connectivity index (χ4v) is 3.27. The lowest BCUT2D eigenvalue weighted by molar-refractivity contribution is -0.123. The van der Waals surface area contributed by atoms with E-state index in [-0.39, 0.29) is 17.9 Å². The number of amides is 1. The summed E-state index contributed by atoms with van der Waals surface area (Å²) in [5.74, 6) is 0.0368. The van der Waals surface area contributed by atoms with Crippen LogP contribution in [0.15, 0.2) is 48.5 Å². The van der Waals surface area contributed by atoms with Crippen LogP contribution in [0.3, 0.4) is 0 Å². The molecule has 2 atom stereocenters. The van der Waals surface area contributed by atoms with Gasteiger partial charge in [0, 0.05) is 0 Å². The Bertz CT molecular complexity index is 743. The molecule has 1 amide bonds. The average molecular weight is 304 g/mol. The number of aryl methyl sites for hydroxylation is 1. The van der Waals surface area contributed by atoms with Gasteiger partial charge in [0.05, 0.1) is 23.6 Å².